The molecule has 0 aliphatic rings. The van der Waals surface area contributed by atoms with Gasteiger partial charge in [-0.1, -0.05) is 89.0 Å². The topological polar surface area (TPSA) is 38.7 Å². The van der Waals surface area contributed by atoms with Gasteiger partial charge in [0.05, 0.1) is 13.2 Å². The van der Waals surface area contributed by atoms with Crippen molar-refractivity contribution in [2.24, 2.45) is 0 Å². The second kappa shape index (κ2) is 26.4. The first-order valence-electron chi connectivity index (χ1n) is 12.9. The number of rotatable bonds is 24. The summed E-state index contributed by atoms with van der Waals surface area (Å²) >= 11 is 0. The Bertz CT molecular complexity index is 365. The molecule has 0 heterocycles. The monoisotopic (exact) mass is 424 g/mol. The van der Waals surface area contributed by atoms with Gasteiger partial charge in [-0.25, -0.2) is 0 Å². The molecule has 178 valence electrons. The molecule has 0 spiro atoms. The van der Waals surface area contributed by atoms with Crippen LogP contribution in [0.3, 0.4) is 0 Å². The van der Waals surface area contributed by atoms with Gasteiger partial charge >= 0.3 is 0 Å². The summed E-state index contributed by atoms with van der Waals surface area (Å²) in [6, 6.07) is 0. The van der Waals surface area contributed by atoms with E-state index in [9.17, 15) is 5.11 Å². The molecule has 0 unspecified atom stereocenters. The zero-order valence-electron chi connectivity index (χ0n) is 20.3. The SMILES string of the molecule is CCCCC=CCCCCCCCCCCC=CCCCCCOC[C@@H](O)COC. The molecular formula is C27H52O3. The summed E-state index contributed by atoms with van der Waals surface area (Å²) in [5.74, 6) is 0. The highest BCUT2D eigenvalue weighted by molar-refractivity contribution is 4.81. The number of hydrogen-bond acceptors (Lipinski definition) is 3. The van der Waals surface area contributed by atoms with Crippen LogP contribution < -0.4 is 0 Å². The van der Waals surface area contributed by atoms with Crippen LogP contribution in [0.5, 0.6) is 0 Å². The number of aliphatic hydroxyl groups is 1. The van der Waals surface area contributed by atoms with Gasteiger partial charge in [-0.2, -0.15) is 0 Å². The molecule has 0 radical (unpaired) electrons. The third-order valence-corrected chi connectivity index (χ3v) is 5.38. The molecule has 0 bridgehead atoms. The van der Waals surface area contributed by atoms with E-state index >= 15 is 0 Å². The molecule has 0 aliphatic carbocycles. The first kappa shape index (κ1) is 29.4. The van der Waals surface area contributed by atoms with Gasteiger partial charge in [0, 0.05) is 13.7 Å². The Labute approximate surface area is 188 Å². The Morgan fingerprint density at radius 3 is 1.50 bits per heavy atom. The van der Waals surface area contributed by atoms with Crippen molar-refractivity contribution in [3.63, 3.8) is 0 Å². The second-order valence-electron chi connectivity index (χ2n) is 8.52. The fraction of sp³-hybridized carbons (Fsp3) is 0.852. The van der Waals surface area contributed by atoms with Crippen LogP contribution >= 0.6 is 0 Å². The van der Waals surface area contributed by atoms with Gasteiger partial charge in [0.25, 0.3) is 0 Å². The Morgan fingerprint density at radius 2 is 1.03 bits per heavy atom. The summed E-state index contributed by atoms with van der Waals surface area (Å²) in [7, 11) is 1.59. The minimum atomic E-state index is -0.495. The number of allylic oxidation sites excluding steroid dienone is 4. The Hall–Kier alpha value is -0.640. The van der Waals surface area contributed by atoms with Crippen molar-refractivity contribution in [3.05, 3.63) is 24.3 Å². The maximum Gasteiger partial charge on any atom is 0.101 e. The van der Waals surface area contributed by atoms with E-state index in [0.29, 0.717) is 13.2 Å². The van der Waals surface area contributed by atoms with Crippen molar-refractivity contribution in [3.8, 4) is 0 Å². The molecule has 0 aromatic heterocycles. The standard InChI is InChI=1S/C27H52O3/c1-3-4-5-6-7-8-9-10-11-12-13-14-15-16-17-18-19-20-21-22-23-24-30-26-27(28)25-29-2/h6-7,18-19,27-28H,3-5,8-17,20-26H2,1-2H3/t27-/m0/s1. The number of methoxy groups -OCH3 is 1. The average molecular weight is 425 g/mol. The average Bonchev–Trinajstić information content (AvgIpc) is 2.74. The summed E-state index contributed by atoms with van der Waals surface area (Å²) in [5.41, 5.74) is 0. The van der Waals surface area contributed by atoms with Crippen LogP contribution in [0.1, 0.15) is 116 Å². The summed E-state index contributed by atoms with van der Waals surface area (Å²) < 4.78 is 10.3. The molecule has 0 amide bonds. The Kier molecular flexibility index (Phi) is 25.8. The van der Waals surface area contributed by atoms with Gasteiger partial charge in [-0.15, -0.1) is 0 Å². The molecule has 30 heavy (non-hydrogen) atoms. The maximum atomic E-state index is 9.46. The molecule has 1 atom stereocenters. The van der Waals surface area contributed by atoms with Crippen molar-refractivity contribution in [1.29, 1.82) is 0 Å². The van der Waals surface area contributed by atoms with Crippen LogP contribution in [0.15, 0.2) is 24.3 Å². The van der Waals surface area contributed by atoms with Crippen molar-refractivity contribution in [2.45, 2.75) is 122 Å². The molecule has 0 fully saturated rings. The second-order valence-corrected chi connectivity index (χ2v) is 8.52. The molecule has 3 heteroatoms. The minimum Gasteiger partial charge on any atom is -0.388 e. The molecule has 0 aromatic carbocycles. The van der Waals surface area contributed by atoms with Crippen LogP contribution in [0.4, 0.5) is 0 Å². The quantitative estimate of drug-likeness (QED) is 0.127. The van der Waals surface area contributed by atoms with Gasteiger partial charge in [0.2, 0.25) is 0 Å². The third-order valence-electron chi connectivity index (χ3n) is 5.38. The zero-order valence-corrected chi connectivity index (χ0v) is 20.3. The number of hydrogen-bond donors (Lipinski definition) is 1. The molecule has 0 saturated carbocycles. The minimum absolute atomic E-state index is 0.349. The first-order valence-corrected chi connectivity index (χ1v) is 12.9. The van der Waals surface area contributed by atoms with Gasteiger partial charge in [0.15, 0.2) is 0 Å². The first-order chi connectivity index (χ1) is 14.8. The molecule has 0 saturated heterocycles. The lowest BCUT2D eigenvalue weighted by atomic mass is 10.1. The van der Waals surface area contributed by atoms with Crippen LogP contribution in [-0.2, 0) is 9.47 Å². The zero-order chi connectivity index (χ0) is 22.0. The lowest BCUT2D eigenvalue weighted by Gasteiger charge is -2.09. The fourth-order valence-electron chi connectivity index (χ4n) is 3.48. The predicted octanol–water partition coefficient (Wildman–Crippen LogP) is 7.77. The van der Waals surface area contributed by atoms with Crippen molar-refractivity contribution in [1.82, 2.24) is 0 Å². The highest BCUT2D eigenvalue weighted by Gasteiger charge is 2.02. The normalized spacial score (nSPS) is 13.0. The van der Waals surface area contributed by atoms with E-state index in [4.69, 9.17) is 9.47 Å². The summed E-state index contributed by atoms with van der Waals surface area (Å²) in [6.45, 7) is 3.72. The van der Waals surface area contributed by atoms with E-state index in [1.807, 2.05) is 0 Å². The van der Waals surface area contributed by atoms with E-state index < -0.39 is 6.10 Å². The van der Waals surface area contributed by atoms with E-state index in [-0.39, 0.29) is 0 Å². The van der Waals surface area contributed by atoms with Gasteiger partial charge in [-0.05, 0) is 51.4 Å². The van der Waals surface area contributed by atoms with Gasteiger partial charge in [0.1, 0.15) is 6.10 Å². The summed E-state index contributed by atoms with van der Waals surface area (Å²) in [4.78, 5) is 0. The lowest BCUT2D eigenvalue weighted by Crippen LogP contribution is -2.21. The lowest BCUT2D eigenvalue weighted by molar-refractivity contribution is -0.00681. The number of aliphatic hydroxyl groups excluding tert-OH is 1. The van der Waals surface area contributed by atoms with Gasteiger partial charge in [-0.3, -0.25) is 0 Å². The molecule has 0 rings (SSSR count). The van der Waals surface area contributed by atoms with Crippen molar-refractivity contribution < 1.29 is 14.6 Å². The van der Waals surface area contributed by atoms with E-state index in [0.717, 1.165) is 13.0 Å². The number of ether oxygens (including phenoxy) is 2. The van der Waals surface area contributed by atoms with Crippen LogP contribution in [0.25, 0.3) is 0 Å². The van der Waals surface area contributed by atoms with Crippen LogP contribution in [0, 0.1) is 0 Å². The molecule has 1 N–H and O–H groups in total. The van der Waals surface area contributed by atoms with Gasteiger partial charge < -0.3 is 14.6 Å². The molecule has 0 aromatic rings. The fourth-order valence-corrected chi connectivity index (χ4v) is 3.48. The highest BCUT2D eigenvalue weighted by atomic mass is 16.5. The molecular weight excluding hydrogens is 372 g/mol. The predicted molar refractivity (Wildman–Crippen MR) is 131 cm³/mol. The van der Waals surface area contributed by atoms with E-state index in [2.05, 4.69) is 31.2 Å². The van der Waals surface area contributed by atoms with Crippen molar-refractivity contribution in [2.75, 3.05) is 26.9 Å². The Morgan fingerprint density at radius 1 is 0.600 bits per heavy atom. The smallest absolute Gasteiger partial charge is 0.101 e. The largest absolute Gasteiger partial charge is 0.388 e. The highest BCUT2D eigenvalue weighted by Crippen LogP contribution is 2.11. The Balaban J connectivity index is 3.14. The van der Waals surface area contributed by atoms with E-state index in [1.54, 1.807) is 7.11 Å². The number of unbranched alkanes of at least 4 members (excludes halogenated alkanes) is 14. The van der Waals surface area contributed by atoms with Crippen molar-refractivity contribution >= 4 is 0 Å². The summed E-state index contributed by atoms with van der Waals surface area (Å²) in [6.07, 6.45) is 31.3. The molecule has 3 nitrogen and oxygen atoms in total. The van der Waals surface area contributed by atoms with Crippen LogP contribution in [-0.4, -0.2) is 38.1 Å². The third kappa shape index (κ3) is 25.4. The maximum absolute atomic E-state index is 9.46. The van der Waals surface area contributed by atoms with Crippen LogP contribution in [0.2, 0.25) is 0 Å². The van der Waals surface area contributed by atoms with E-state index in [1.165, 1.54) is 103 Å². The molecule has 0 aliphatic heterocycles. The summed E-state index contributed by atoms with van der Waals surface area (Å²) in [5, 5.41) is 9.46.